The van der Waals surface area contributed by atoms with E-state index >= 15 is 0 Å². The fourth-order valence-electron chi connectivity index (χ4n) is 1.87. The molecule has 0 unspecified atom stereocenters. The number of hydrogen-bond acceptors (Lipinski definition) is 2. The molecule has 0 amide bonds. The van der Waals surface area contributed by atoms with E-state index in [2.05, 4.69) is 34.9 Å². The van der Waals surface area contributed by atoms with Crippen LogP contribution in [-0.2, 0) is 6.54 Å². The second kappa shape index (κ2) is 8.24. The standard InChI is InChI=1S/C17H18FN3S/c1-13(15-5-3-2-4-6-15)11-20-21-17(22)19-12-14-7-9-16(18)10-8-14/h2-11,13H,12H2,1H3,(H2,19,21,22)/b20-11-/t13-/m0/s1. The van der Waals surface area contributed by atoms with Gasteiger partial charge in [-0.25, -0.2) is 4.39 Å². The maximum atomic E-state index is 12.8. The highest BCUT2D eigenvalue weighted by Crippen LogP contribution is 2.11. The van der Waals surface area contributed by atoms with Gasteiger partial charge in [-0.3, -0.25) is 5.43 Å². The van der Waals surface area contributed by atoms with E-state index in [1.54, 1.807) is 18.3 Å². The molecule has 114 valence electrons. The van der Waals surface area contributed by atoms with Crippen molar-refractivity contribution >= 4 is 23.5 Å². The molecule has 2 aromatic rings. The molecule has 22 heavy (non-hydrogen) atoms. The molecule has 5 heteroatoms. The van der Waals surface area contributed by atoms with Crippen LogP contribution in [0.3, 0.4) is 0 Å². The molecule has 0 heterocycles. The lowest BCUT2D eigenvalue weighted by Gasteiger charge is -2.08. The van der Waals surface area contributed by atoms with Crippen LogP contribution in [0.2, 0.25) is 0 Å². The van der Waals surface area contributed by atoms with Crippen molar-refractivity contribution < 1.29 is 4.39 Å². The van der Waals surface area contributed by atoms with E-state index in [0.29, 0.717) is 11.7 Å². The zero-order valence-corrected chi connectivity index (χ0v) is 13.1. The maximum Gasteiger partial charge on any atom is 0.187 e. The van der Waals surface area contributed by atoms with Crippen LogP contribution in [0, 0.1) is 5.82 Å². The quantitative estimate of drug-likeness (QED) is 0.503. The van der Waals surface area contributed by atoms with Gasteiger partial charge >= 0.3 is 0 Å². The molecule has 0 aliphatic rings. The minimum absolute atomic E-state index is 0.202. The number of hydrogen-bond donors (Lipinski definition) is 2. The van der Waals surface area contributed by atoms with Gasteiger partial charge in [-0.15, -0.1) is 0 Å². The van der Waals surface area contributed by atoms with E-state index in [9.17, 15) is 4.39 Å². The largest absolute Gasteiger partial charge is 0.357 e. The van der Waals surface area contributed by atoms with Gasteiger partial charge in [0.05, 0.1) is 0 Å². The molecule has 0 fully saturated rings. The summed E-state index contributed by atoms with van der Waals surface area (Å²) in [5, 5.41) is 7.58. The van der Waals surface area contributed by atoms with Gasteiger partial charge in [0, 0.05) is 18.7 Å². The zero-order valence-electron chi connectivity index (χ0n) is 12.3. The van der Waals surface area contributed by atoms with E-state index < -0.39 is 0 Å². The number of halogens is 1. The van der Waals surface area contributed by atoms with Crippen molar-refractivity contribution in [3.05, 3.63) is 71.5 Å². The molecule has 0 spiro atoms. The van der Waals surface area contributed by atoms with Gasteiger partial charge in [0.2, 0.25) is 0 Å². The fourth-order valence-corrected chi connectivity index (χ4v) is 2.00. The third-order valence-electron chi connectivity index (χ3n) is 3.16. The van der Waals surface area contributed by atoms with Crippen LogP contribution in [0.5, 0.6) is 0 Å². The van der Waals surface area contributed by atoms with Crippen molar-refractivity contribution in [1.82, 2.24) is 10.7 Å². The van der Waals surface area contributed by atoms with Crippen molar-refractivity contribution in [3.63, 3.8) is 0 Å². The summed E-state index contributed by atoms with van der Waals surface area (Å²) in [4.78, 5) is 0. The normalized spacial score (nSPS) is 12.1. The van der Waals surface area contributed by atoms with Gasteiger partial charge in [-0.1, -0.05) is 49.4 Å². The van der Waals surface area contributed by atoms with Crippen molar-refractivity contribution in [3.8, 4) is 0 Å². The molecule has 1 atom stereocenters. The van der Waals surface area contributed by atoms with Crippen LogP contribution >= 0.6 is 12.2 Å². The smallest absolute Gasteiger partial charge is 0.187 e. The highest BCUT2D eigenvalue weighted by atomic mass is 32.1. The maximum absolute atomic E-state index is 12.8. The number of nitrogens with one attached hydrogen (secondary N) is 2. The third-order valence-corrected chi connectivity index (χ3v) is 3.39. The molecular formula is C17H18FN3S. The van der Waals surface area contributed by atoms with Crippen LogP contribution in [0.4, 0.5) is 4.39 Å². The molecule has 0 radical (unpaired) electrons. The van der Waals surface area contributed by atoms with Gasteiger partial charge < -0.3 is 5.32 Å². The van der Waals surface area contributed by atoms with Crippen LogP contribution in [0.25, 0.3) is 0 Å². The first-order valence-electron chi connectivity index (χ1n) is 7.01. The Hall–Kier alpha value is -2.27. The Morgan fingerprint density at radius 2 is 1.86 bits per heavy atom. The van der Waals surface area contributed by atoms with Gasteiger partial charge in [0.15, 0.2) is 5.11 Å². The first-order chi connectivity index (χ1) is 10.6. The van der Waals surface area contributed by atoms with Gasteiger partial charge in [0.25, 0.3) is 0 Å². The molecule has 0 aliphatic heterocycles. The minimum atomic E-state index is -0.246. The first kappa shape index (κ1) is 16.1. The highest BCUT2D eigenvalue weighted by molar-refractivity contribution is 7.80. The predicted octanol–water partition coefficient (Wildman–Crippen LogP) is 3.58. The summed E-state index contributed by atoms with van der Waals surface area (Å²) in [7, 11) is 0. The number of rotatable bonds is 5. The van der Waals surface area contributed by atoms with E-state index in [1.807, 2.05) is 18.2 Å². The highest BCUT2D eigenvalue weighted by Gasteiger charge is 2.01. The van der Waals surface area contributed by atoms with Crippen molar-refractivity contribution in [1.29, 1.82) is 0 Å². The first-order valence-corrected chi connectivity index (χ1v) is 7.42. The number of benzene rings is 2. The lowest BCUT2D eigenvalue weighted by molar-refractivity contribution is 0.626. The average molecular weight is 315 g/mol. The molecule has 0 aromatic heterocycles. The van der Waals surface area contributed by atoms with Gasteiger partial charge in [0.1, 0.15) is 5.82 Å². The molecule has 2 N–H and O–H groups in total. The van der Waals surface area contributed by atoms with E-state index in [-0.39, 0.29) is 11.7 Å². The minimum Gasteiger partial charge on any atom is -0.357 e. The molecule has 2 rings (SSSR count). The van der Waals surface area contributed by atoms with E-state index in [4.69, 9.17) is 12.2 Å². The Kier molecular flexibility index (Phi) is 6.03. The molecular weight excluding hydrogens is 297 g/mol. The second-order valence-corrected chi connectivity index (χ2v) is 5.31. The van der Waals surface area contributed by atoms with Crippen LogP contribution in [0.15, 0.2) is 59.7 Å². The summed E-state index contributed by atoms with van der Waals surface area (Å²) in [5.41, 5.74) is 4.92. The van der Waals surface area contributed by atoms with Crippen LogP contribution < -0.4 is 10.7 Å². The Balaban J connectivity index is 1.75. The molecule has 2 aromatic carbocycles. The second-order valence-electron chi connectivity index (χ2n) is 4.90. The molecule has 0 aliphatic carbocycles. The van der Waals surface area contributed by atoms with E-state index in [1.165, 1.54) is 17.7 Å². The number of nitrogens with zero attached hydrogens (tertiary/aromatic N) is 1. The lowest BCUT2D eigenvalue weighted by Crippen LogP contribution is -2.31. The fraction of sp³-hybridized carbons (Fsp3) is 0.176. The third kappa shape index (κ3) is 5.26. The monoisotopic (exact) mass is 315 g/mol. The Morgan fingerprint density at radius 3 is 2.55 bits per heavy atom. The summed E-state index contributed by atoms with van der Waals surface area (Å²) in [6.07, 6.45) is 1.81. The Labute approximate surface area is 135 Å². The summed E-state index contributed by atoms with van der Waals surface area (Å²) in [6, 6.07) is 16.4. The predicted molar refractivity (Wildman–Crippen MR) is 92.3 cm³/mol. The van der Waals surface area contributed by atoms with Crippen molar-refractivity contribution in [2.75, 3.05) is 0 Å². The van der Waals surface area contributed by atoms with Crippen molar-refractivity contribution in [2.24, 2.45) is 5.10 Å². The van der Waals surface area contributed by atoms with Gasteiger partial charge in [-0.2, -0.15) is 5.10 Å². The van der Waals surface area contributed by atoms with E-state index in [0.717, 1.165) is 5.56 Å². The summed E-state index contributed by atoms with van der Waals surface area (Å²) >= 11 is 5.14. The molecule has 0 saturated heterocycles. The van der Waals surface area contributed by atoms with Crippen LogP contribution in [-0.4, -0.2) is 11.3 Å². The summed E-state index contributed by atoms with van der Waals surface area (Å²) in [6.45, 7) is 2.59. The Morgan fingerprint density at radius 1 is 1.18 bits per heavy atom. The molecule has 0 bridgehead atoms. The summed E-state index contributed by atoms with van der Waals surface area (Å²) < 4.78 is 12.8. The Bertz CT molecular complexity index is 626. The summed E-state index contributed by atoms with van der Waals surface area (Å²) in [5.74, 6) is -0.0439. The average Bonchev–Trinajstić information content (AvgIpc) is 2.55. The molecule has 3 nitrogen and oxygen atoms in total. The van der Waals surface area contributed by atoms with Crippen molar-refractivity contribution in [2.45, 2.75) is 19.4 Å². The lowest BCUT2D eigenvalue weighted by atomic mass is 10.0. The number of thiocarbonyl (C=S) groups is 1. The SMILES string of the molecule is C[C@@H](/C=N\NC(=S)NCc1ccc(F)cc1)c1ccccc1. The number of hydrazone groups is 1. The topological polar surface area (TPSA) is 36.4 Å². The van der Waals surface area contributed by atoms with Gasteiger partial charge in [-0.05, 0) is 35.5 Å². The zero-order chi connectivity index (χ0) is 15.8. The van der Waals surface area contributed by atoms with Crippen LogP contribution in [0.1, 0.15) is 24.0 Å². The molecule has 0 saturated carbocycles.